The van der Waals surface area contributed by atoms with Gasteiger partial charge in [0, 0.05) is 30.5 Å². The maximum atomic E-state index is 13.7. The lowest BCUT2D eigenvalue weighted by Crippen LogP contribution is -2.69. The molecule has 2 aliphatic rings. The van der Waals surface area contributed by atoms with Crippen LogP contribution in [0.5, 0.6) is 0 Å². The van der Waals surface area contributed by atoms with E-state index in [4.69, 9.17) is 27.9 Å². The van der Waals surface area contributed by atoms with Crippen LogP contribution in [-0.2, 0) is 20.7 Å². The molecule has 1 aliphatic carbocycles. The first-order chi connectivity index (χ1) is 19.5. The van der Waals surface area contributed by atoms with Gasteiger partial charge >= 0.3 is 5.97 Å². The highest BCUT2D eigenvalue weighted by Crippen LogP contribution is 2.42. The highest BCUT2D eigenvalue weighted by atomic mass is 35.5. The van der Waals surface area contributed by atoms with Crippen LogP contribution in [0.15, 0.2) is 36.7 Å². The van der Waals surface area contributed by atoms with Gasteiger partial charge in [0.25, 0.3) is 5.91 Å². The van der Waals surface area contributed by atoms with E-state index >= 15 is 0 Å². The number of fused-ring (bicyclic) bond motifs is 1. The fraction of sp³-hybridized carbons (Fsp3) is 0.548. The molecular formula is C31H40Cl2N4O4. The Morgan fingerprint density at radius 1 is 1.05 bits per heavy atom. The molecule has 0 radical (unpaired) electrons. The van der Waals surface area contributed by atoms with Gasteiger partial charge in [-0.15, -0.1) is 0 Å². The molecule has 2 fully saturated rings. The first kappa shape index (κ1) is 31.3. The summed E-state index contributed by atoms with van der Waals surface area (Å²) in [5.74, 6) is -0.729. The second kappa shape index (κ2) is 13.5. The number of methoxy groups -OCH3 is 1. The lowest BCUT2D eigenvalue weighted by atomic mass is 9.75. The third kappa shape index (κ3) is 7.79. The third-order valence-electron chi connectivity index (χ3n) is 8.14. The number of hydrogen-bond donors (Lipinski definition) is 2. The van der Waals surface area contributed by atoms with Crippen LogP contribution in [-0.4, -0.2) is 59.4 Å². The van der Waals surface area contributed by atoms with Crippen LogP contribution in [0.3, 0.4) is 0 Å². The number of nitrogens with zero attached hydrogens (tertiary/aromatic N) is 2. The number of anilines is 1. The Hall–Kier alpha value is -2.68. The highest BCUT2D eigenvalue weighted by Gasteiger charge is 2.51. The molecule has 8 nitrogen and oxygen atoms in total. The number of benzene rings is 1. The number of likely N-dealkylation sites (tertiary alicyclic amines) is 1. The van der Waals surface area contributed by atoms with Crippen molar-refractivity contribution in [3.05, 3.63) is 57.8 Å². The molecule has 0 bridgehead atoms. The molecule has 1 aromatic carbocycles. The molecule has 4 atom stereocenters. The first-order valence-electron chi connectivity index (χ1n) is 14.3. The number of carbonyl (C=O) groups is 3. The van der Waals surface area contributed by atoms with E-state index in [9.17, 15) is 14.4 Å². The lowest BCUT2D eigenvalue weighted by molar-refractivity contribution is -0.152. The van der Waals surface area contributed by atoms with E-state index in [0.717, 1.165) is 37.8 Å². The maximum absolute atomic E-state index is 13.7. The number of nitrogens with one attached hydrogen (secondary N) is 2. The number of aromatic nitrogens is 1. The number of halogens is 2. The van der Waals surface area contributed by atoms with Crippen molar-refractivity contribution in [1.29, 1.82) is 0 Å². The number of ether oxygens (including phenoxy) is 1. The topological polar surface area (TPSA) is 101 Å². The zero-order valence-corrected chi connectivity index (χ0v) is 25.7. The molecule has 4 rings (SSSR count). The summed E-state index contributed by atoms with van der Waals surface area (Å²) in [6, 6.07) is 6.44. The van der Waals surface area contributed by atoms with Gasteiger partial charge in [0.05, 0.1) is 28.8 Å². The van der Waals surface area contributed by atoms with E-state index in [1.165, 1.54) is 32.3 Å². The Bertz CT molecular complexity index is 1230. The molecular weight excluding hydrogens is 563 g/mol. The molecule has 2 unspecified atom stereocenters. The van der Waals surface area contributed by atoms with Gasteiger partial charge in [-0.05, 0) is 54.8 Å². The van der Waals surface area contributed by atoms with Gasteiger partial charge in [0.1, 0.15) is 6.04 Å². The Morgan fingerprint density at radius 2 is 1.71 bits per heavy atom. The van der Waals surface area contributed by atoms with Gasteiger partial charge in [-0.1, -0.05) is 75.4 Å². The largest absolute Gasteiger partial charge is 0.467 e. The summed E-state index contributed by atoms with van der Waals surface area (Å²) in [6.45, 7) is 7.54. The van der Waals surface area contributed by atoms with Crippen LogP contribution < -0.4 is 10.6 Å². The number of amides is 2. The molecule has 1 aromatic heterocycles. The quantitative estimate of drug-likeness (QED) is 0.346. The summed E-state index contributed by atoms with van der Waals surface area (Å²) in [5, 5.41) is 6.10. The first-order valence-corrected chi connectivity index (χ1v) is 15.1. The summed E-state index contributed by atoms with van der Waals surface area (Å²) in [5.41, 5.74) is 1.66. The molecule has 41 heavy (non-hydrogen) atoms. The normalized spacial score (nSPS) is 21.6. The smallest absolute Gasteiger partial charge is 0.328 e. The van der Waals surface area contributed by atoms with Crippen molar-refractivity contribution in [2.24, 2.45) is 11.3 Å². The van der Waals surface area contributed by atoms with Crippen LogP contribution in [0.25, 0.3) is 0 Å². The zero-order chi connectivity index (χ0) is 29.7. The maximum Gasteiger partial charge on any atom is 0.328 e. The van der Waals surface area contributed by atoms with E-state index in [1.54, 1.807) is 24.3 Å². The predicted molar refractivity (Wildman–Crippen MR) is 161 cm³/mol. The van der Waals surface area contributed by atoms with E-state index in [1.807, 2.05) is 0 Å². The van der Waals surface area contributed by atoms with E-state index < -0.39 is 17.9 Å². The molecule has 10 heteroatoms. The molecule has 2 aromatic rings. The van der Waals surface area contributed by atoms with Gasteiger partial charge in [-0.2, -0.15) is 0 Å². The van der Waals surface area contributed by atoms with Crippen LogP contribution in [0.4, 0.5) is 5.69 Å². The van der Waals surface area contributed by atoms with Gasteiger partial charge in [-0.3, -0.25) is 19.5 Å². The Kier molecular flexibility index (Phi) is 10.3. The second-order valence-corrected chi connectivity index (χ2v) is 13.1. The summed E-state index contributed by atoms with van der Waals surface area (Å²) in [7, 11) is 1.33. The van der Waals surface area contributed by atoms with Gasteiger partial charge in [0.2, 0.25) is 5.91 Å². The molecule has 1 saturated heterocycles. The van der Waals surface area contributed by atoms with Crippen LogP contribution in [0.1, 0.15) is 75.2 Å². The van der Waals surface area contributed by atoms with E-state index in [-0.39, 0.29) is 39.4 Å². The summed E-state index contributed by atoms with van der Waals surface area (Å²) >= 11 is 12.2. The average Bonchev–Trinajstić information content (AvgIpc) is 3.11. The predicted octanol–water partition coefficient (Wildman–Crippen LogP) is 5.91. The number of pyridine rings is 1. The van der Waals surface area contributed by atoms with Gasteiger partial charge in [-0.25, -0.2) is 4.79 Å². The van der Waals surface area contributed by atoms with Crippen molar-refractivity contribution in [3.63, 3.8) is 0 Å². The van der Waals surface area contributed by atoms with E-state index in [2.05, 4.69) is 41.3 Å². The minimum absolute atomic E-state index is 0.104. The van der Waals surface area contributed by atoms with Gasteiger partial charge < -0.3 is 15.4 Å². The zero-order valence-electron chi connectivity index (χ0n) is 24.2. The Labute approximate surface area is 252 Å². The highest BCUT2D eigenvalue weighted by molar-refractivity contribution is 6.40. The standard InChI is InChI=1S/C31H40Cl2N4O4/c1-31(2,3)14-15-37-25-9-7-5-6-8-21(25)27(37)29(39)36-24(30(40)41-4)16-19-10-12-20(13-11-19)35-28(38)26-22(32)17-34-18-23(26)33/h10-13,17-18,21,24-25,27H,5-9,14-16H2,1-4H3,(H,35,38)(H,36,39)/t21?,24-,25?,27-/m0/s1. The van der Waals surface area contributed by atoms with E-state index in [0.29, 0.717) is 17.6 Å². The molecule has 2 N–H and O–H groups in total. The Balaban J connectivity index is 1.43. The van der Waals surface area contributed by atoms with Crippen LogP contribution in [0, 0.1) is 11.3 Å². The minimum Gasteiger partial charge on any atom is -0.467 e. The van der Waals surface area contributed by atoms with Crippen molar-refractivity contribution in [3.8, 4) is 0 Å². The minimum atomic E-state index is -0.823. The van der Waals surface area contributed by atoms with Gasteiger partial charge in [0.15, 0.2) is 0 Å². The molecule has 0 spiro atoms. The van der Waals surface area contributed by atoms with Crippen molar-refractivity contribution < 1.29 is 19.1 Å². The Morgan fingerprint density at radius 3 is 2.34 bits per heavy atom. The second-order valence-electron chi connectivity index (χ2n) is 12.3. The number of carbonyl (C=O) groups excluding carboxylic acids is 3. The molecule has 1 saturated carbocycles. The summed E-state index contributed by atoms with van der Waals surface area (Å²) in [4.78, 5) is 45.4. The van der Waals surface area contributed by atoms with Crippen molar-refractivity contribution in [2.45, 2.75) is 83.8 Å². The average molecular weight is 604 g/mol. The van der Waals surface area contributed by atoms with Crippen molar-refractivity contribution >= 4 is 46.7 Å². The molecule has 2 amide bonds. The molecule has 222 valence electrons. The summed E-state index contributed by atoms with van der Waals surface area (Å²) < 4.78 is 5.06. The van der Waals surface area contributed by atoms with Crippen LogP contribution in [0.2, 0.25) is 10.0 Å². The summed E-state index contributed by atoms with van der Waals surface area (Å²) in [6.07, 6.45) is 9.69. The fourth-order valence-electron chi connectivity index (χ4n) is 5.94. The van der Waals surface area contributed by atoms with Crippen LogP contribution >= 0.6 is 23.2 Å². The number of esters is 1. The monoisotopic (exact) mass is 602 g/mol. The lowest BCUT2D eigenvalue weighted by Gasteiger charge is -2.55. The SMILES string of the molecule is COC(=O)[C@H](Cc1ccc(NC(=O)c2c(Cl)cncc2Cl)cc1)NC(=O)[C@@H]1C2CCCCCC2N1CCC(C)(C)C. The fourth-order valence-corrected chi connectivity index (χ4v) is 6.47. The third-order valence-corrected chi connectivity index (χ3v) is 8.72. The number of rotatable bonds is 9. The number of hydrogen-bond acceptors (Lipinski definition) is 6. The van der Waals surface area contributed by atoms with Crippen molar-refractivity contribution in [1.82, 2.24) is 15.2 Å². The molecule has 1 aliphatic heterocycles. The van der Waals surface area contributed by atoms with Crippen molar-refractivity contribution in [2.75, 3.05) is 19.0 Å². The molecule has 2 heterocycles.